The second-order valence-electron chi connectivity index (χ2n) is 7.95. The van der Waals surface area contributed by atoms with Crippen molar-refractivity contribution in [3.05, 3.63) is 30.1 Å². The van der Waals surface area contributed by atoms with Crippen molar-refractivity contribution in [2.75, 3.05) is 26.2 Å². The smallest absolute Gasteiger partial charge is 0.407 e. The van der Waals surface area contributed by atoms with E-state index in [-0.39, 0.29) is 18.5 Å². The summed E-state index contributed by atoms with van der Waals surface area (Å²) in [5.41, 5.74) is -0.524. The van der Waals surface area contributed by atoms with E-state index in [0.717, 1.165) is 25.8 Å². The van der Waals surface area contributed by atoms with E-state index in [2.05, 4.69) is 10.2 Å². The topological polar surface area (TPSA) is 71.0 Å². The average Bonchev–Trinajstić information content (AvgIpc) is 2.59. The number of ether oxygens (including phenoxy) is 2. The lowest BCUT2D eigenvalue weighted by atomic mass is 10.0. The van der Waals surface area contributed by atoms with Gasteiger partial charge in [-0.1, -0.05) is 6.42 Å². The molecule has 0 saturated carbocycles. The van der Waals surface area contributed by atoms with Crippen molar-refractivity contribution in [2.45, 2.75) is 57.8 Å². The highest BCUT2D eigenvalue weighted by Crippen LogP contribution is 2.18. The molecule has 0 aromatic heterocycles. The maximum atomic E-state index is 12.9. The van der Waals surface area contributed by atoms with Gasteiger partial charge in [0, 0.05) is 19.1 Å². The Balaban J connectivity index is 1.78. The summed E-state index contributed by atoms with van der Waals surface area (Å²) in [6.07, 6.45) is 2.03. The quantitative estimate of drug-likeness (QED) is 0.759. The summed E-state index contributed by atoms with van der Waals surface area (Å²) in [5.74, 6) is 0.203. The Morgan fingerprint density at radius 1 is 1.33 bits per heavy atom. The van der Waals surface area contributed by atoms with Gasteiger partial charge in [0.05, 0.1) is 0 Å². The fourth-order valence-corrected chi connectivity index (χ4v) is 3.09. The van der Waals surface area contributed by atoms with E-state index >= 15 is 0 Å². The molecule has 0 bridgehead atoms. The number of carbonyl (C=O) groups excluding carboxylic acids is 1. The van der Waals surface area contributed by atoms with E-state index in [9.17, 15) is 14.3 Å². The first-order valence-corrected chi connectivity index (χ1v) is 9.50. The first kappa shape index (κ1) is 21.4. The SMILES string of the molecule is CC(C)(C)OC(=O)NCC1CCCCN1CC(O)COc1ccc(F)cc1. The van der Waals surface area contributed by atoms with Gasteiger partial charge in [0.1, 0.15) is 29.9 Å². The molecule has 0 spiro atoms. The van der Waals surface area contributed by atoms with Gasteiger partial charge >= 0.3 is 6.09 Å². The number of halogens is 1. The fraction of sp³-hybridized carbons (Fsp3) is 0.650. The zero-order valence-electron chi connectivity index (χ0n) is 16.4. The average molecular weight is 382 g/mol. The first-order valence-electron chi connectivity index (χ1n) is 9.50. The molecule has 6 nitrogen and oxygen atoms in total. The number of hydrogen-bond donors (Lipinski definition) is 2. The van der Waals surface area contributed by atoms with Crippen LogP contribution in [0.2, 0.25) is 0 Å². The molecule has 1 aromatic carbocycles. The Bertz CT molecular complexity index is 589. The molecule has 1 saturated heterocycles. The van der Waals surface area contributed by atoms with Gasteiger partial charge in [0.2, 0.25) is 0 Å². The van der Waals surface area contributed by atoms with Gasteiger partial charge in [-0.05, 0) is 64.4 Å². The number of piperidine rings is 1. The Morgan fingerprint density at radius 3 is 2.70 bits per heavy atom. The molecule has 2 unspecified atom stereocenters. The number of hydrogen-bond acceptors (Lipinski definition) is 5. The number of β-amino-alcohol motifs (C(OH)–C–C–N with tert-alkyl or cyclic N) is 1. The second kappa shape index (κ2) is 9.90. The zero-order valence-corrected chi connectivity index (χ0v) is 16.4. The standard InChI is InChI=1S/C20H31FN2O4/c1-20(2,3)27-19(25)22-12-16-6-4-5-11-23(16)13-17(24)14-26-18-9-7-15(21)8-10-18/h7-10,16-17,24H,4-6,11-14H2,1-3H3,(H,22,25). The Hall–Kier alpha value is -1.86. The van der Waals surface area contributed by atoms with Crippen LogP contribution in [-0.2, 0) is 4.74 Å². The molecule has 2 rings (SSSR count). The van der Waals surface area contributed by atoms with Crippen LogP contribution >= 0.6 is 0 Å². The van der Waals surface area contributed by atoms with Crippen molar-refractivity contribution in [3.8, 4) is 5.75 Å². The van der Waals surface area contributed by atoms with Crippen molar-refractivity contribution in [1.29, 1.82) is 0 Å². The minimum Gasteiger partial charge on any atom is -0.491 e. The minimum absolute atomic E-state index is 0.133. The fourth-order valence-electron chi connectivity index (χ4n) is 3.09. The van der Waals surface area contributed by atoms with Gasteiger partial charge in [-0.2, -0.15) is 0 Å². The van der Waals surface area contributed by atoms with Crippen molar-refractivity contribution < 1.29 is 23.8 Å². The molecule has 1 heterocycles. The predicted octanol–water partition coefficient (Wildman–Crippen LogP) is 2.94. The lowest BCUT2D eigenvalue weighted by molar-refractivity contribution is 0.0337. The minimum atomic E-state index is -0.669. The summed E-state index contributed by atoms with van der Waals surface area (Å²) in [6, 6.07) is 5.88. The summed E-state index contributed by atoms with van der Waals surface area (Å²) in [5, 5.41) is 13.1. The monoisotopic (exact) mass is 382 g/mol. The molecule has 2 atom stereocenters. The predicted molar refractivity (Wildman–Crippen MR) is 101 cm³/mol. The van der Waals surface area contributed by atoms with E-state index in [1.54, 1.807) is 0 Å². The highest BCUT2D eigenvalue weighted by atomic mass is 19.1. The summed E-state index contributed by atoms with van der Waals surface area (Å²) in [4.78, 5) is 14.0. The van der Waals surface area contributed by atoms with E-state index in [1.165, 1.54) is 24.3 Å². The molecule has 1 aliphatic heterocycles. The normalized spacial score (nSPS) is 19.4. The number of aliphatic hydroxyl groups is 1. The summed E-state index contributed by atoms with van der Waals surface area (Å²) in [6.45, 7) is 7.44. The van der Waals surface area contributed by atoms with Crippen LogP contribution in [0.3, 0.4) is 0 Å². The van der Waals surface area contributed by atoms with Gasteiger partial charge in [-0.15, -0.1) is 0 Å². The van der Waals surface area contributed by atoms with Crippen LogP contribution in [0.25, 0.3) is 0 Å². The van der Waals surface area contributed by atoms with Gasteiger partial charge in [0.15, 0.2) is 0 Å². The molecule has 1 aromatic rings. The lowest BCUT2D eigenvalue weighted by Crippen LogP contribution is -2.50. The molecular weight excluding hydrogens is 351 g/mol. The van der Waals surface area contributed by atoms with Gasteiger partial charge < -0.3 is 19.9 Å². The van der Waals surface area contributed by atoms with E-state index in [4.69, 9.17) is 9.47 Å². The molecule has 1 fully saturated rings. The Kier molecular flexibility index (Phi) is 7.86. The highest BCUT2D eigenvalue weighted by Gasteiger charge is 2.26. The molecule has 7 heteroatoms. The number of nitrogens with zero attached hydrogens (tertiary/aromatic N) is 1. The number of likely N-dealkylation sites (tertiary alicyclic amines) is 1. The second-order valence-corrected chi connectivity index (χ2v) is 7.95. The van der Waals surface area contributed by atoms with E-state index in [1.807, 2.05) is 20.8 Å². The molecule has 152 valence electrons. The van der Waals surface area contributed by atoms with Gasteiger partial charge in [0.25, 0.3) is 0 Å². The zero-order chi connectivity index (χ0) is 19.9. The molecule has 0 aliphatic carbocycles. The summed E-state index contributed by atoms with van der Waals surface area (Å²) >= 11 is 0. The number of amides is 1. The molecule has 27 heavy (non-hydrogen) atoms. The maximum Gasteiger partial charge on any atom is 0.407 e. The van der Waals surface area contributed by atoms with Crippen LogP contribution in [-0.4, -0.2) is 60.1 Å². The van der Waals surface area contributed by atoms with Crippen LogP contribution in [0, 0.1) is 5.82 Å². The number of rotatable bonds is 7. The van der Waals surface area contributed by atoms with Crippen molar-refractivity contribution in [3.63, 3.8) is 0 Å². The first-order chi connectivity index (χ1) is 12.7. The summed E-state index contributed by atoms with van der Waals surface area (Å²) < 4.78 is 23.7. The number of benzene rings is 1. The third-order valence-electron chi connectivity index (χ3n) is 4.33. The Labute approximate surface area is 160 Å². The molecule has 0 radical (unpaired) electrons. The van der Waals surface area contributed by atoms with Crippen molar-refractivity contribution in [1.82, 2.24) is 10.2 Å². The van der Waals surface area contributed by atoms with E-state index in [0.29, 0.717) is 18.8 Å². The maximum absolute atomic E-state index is 12.9. The van der Waals surface area contributed by atoms with Crippen LogP contribution in [0.4, 0.5) is 9.18 Å². The van der Waals surface area contributed by atoms with Crippen LogP contribution in [0.1, 0.15) is 40.0 Å². The molecule has 1 aliphatic rings. The molecular formula is C20H31FN2O4. The number of nitrogens with one attached hydrogen (secondary N) is 1. The molecule has 1 amide bonds. The highest BCUT2D eigenvalue weighted by molar-refractivity contribution is 5.67. The van der Waals surface area contributed by atoms with Gasteiger partial charge in [-0.25, -0.2) is 9.18 Å². The van der Waals surface area contributed by atoms with Crippen LogP contribution in [0.15, 0.2) is 24.3 Å². The number of carbonyl (C=O) groups is 1. The van der Waals surface area contributed by atoms with Crippen LogP contribution in [0.5, 0.6) is 5.75 Å². The largest absolute Gasteiger partial charge is 0.491 e. The van der Waals surface area contributed by atoms with Crippen LogP contribution < -0.4 is 10.1 Å². The van der Waals surface area contributed by atoms with Gasteiger partial charge in [-0.3, -0.25) is 4.90 Å². The Morgan fingerprint density at radius 2 is 2.04 bits per heavy atom. The van der Waals surface area contributed by atoms with Crippen molar-refractivity contribution >= 4 is 6.09 Å². The number of alkyl carbamates (subject to hydrolysis) is 1. The number of aliphatic hydroxyl groups excluding tert-OH is 1. The molecule has 2 N–H and O–H groups in total. The lowest BCUT2D eigenvalue weighted by Gasteiger charge is -2.37. The third-order valence-corrected chi connectivity index (χ3v) is 4.33. The van der Waals surface area contributed by atoms with Crippen molar-refractivity contribution in [2.24, 2.45) is 0 Å². The van der Waals surface area contributed by atoms with E-state index < -0.39 is 17.8 Å². The summed E-state index contributed by atoms with van der Waals surface area (Å²) in [7, 11) is 0. The third kappa shape index (κ3) is 8.13.